The van der Waals surface area contributed by atoms with E-state index in [9.17, 15) is 5.11 Å². The van der Waals surface area contributed by atoms with Gasteiger partial charge in [-0.3, -0.25) is 4.98 Å². The number of pyridine rings is 1. The Balaban J connectivity index is 2.09. The van der Waals surface area contributed by atoms with Crippen LogP contribution in [0.2, 0.25) is 10.0 Å². The number of aromatic nitrogens is 3. The first-order valence-electron chi connectivity index (χ1n) is 6.00. The minimum absolute atomic E-state index is 0.117. The van der Waals surface area contributed by atoms with Gasteiger partial charge in [-0.15, -0.1) is 0 Å². The highest BCUT2D eigenvalue weighted by Crippen LogP contribution is 2.37. The van der Waals surface area contributed by atoms with Crippen molar-refractivity contribution < 1.29 is 9.63 Å². The van der Waals surface area contributed by atoms with Crippen LogP contribution in [0.15, 0.2) is 35.0 Å². The fourth-order valence-corrected chi connectivity index (χ4v) is 2.37. The van der Waals surface area contributed by atoms with E-state index in [1.165, 1.54) is 12.1 Å². The highest BCUT2D eigenvalue weighted by Gasteiger charge is 2.18. The third-order valence-electron chi connectivity index (χ3n) is 2.91. The number of nitrogens with zero attached hydrogens (tertiary/aromatic N) is 3. The van der Waals surface area contributed by atoms with E-state index in [1.54, 1.807) is 6.20 Å². The third kappa shape index (κ3) is 2.57. The van der Waals surface area contributed by atoms with E-state index < -0.39 is 0 Å². The average Bonchev–Trinajstić information content (AvgIpc) is 2.92. The molecule has 0 spiro atoms. The number of benzene rings is 1. The SMILES string of the molecule is Cc1cccnc1-c1noc(-c2cc(Cl)cc(Cl)c2O)n1. The molecule has 0 bridgehead atoms. The van der Waals surface area contributed by atoms with E-state index in [-0.39, 0.29) is 22.2 Å². The average molecular weight is 322 g/mol. The van der Waals surface area contributed by atoms with Gasteiger partial charge in [-0.05, 0) is 30.7 Å². The smallest absolute Gasteiger partial charge is 0.262 e. The molecule has 5 nitrogen and oxygen atoms in total. The van der Waals surface area contributed by atoms with Crippen LogP contribution in [0.4, 0.5) is 0 Å². The van der Waals surface area contributed by atoms with Crippen LogP contribution < -0.4 is 0 Å². The molecule has 7 heteroatoms. The maximum absolute atomic E-state index is 9.98. The summed E-state index contributed by atoms with van der Waals surface area (Å²) in [7, 11) is 0. The lowest BCUT2D eigenvalue weighted by Crippen LogP contribution is -1.89. The minimum atomic E-state index is -0.158. The van der Waals surface area contributed by atoms with Gasteiger partial charge in [0.25, 0.3) is 5.89 Å². The monoisotopic (exact) mass is 321 g/mol. The largest absolute Gasteiger partial charge is 0.506 e. The summed E-state index contributed by atoms with van der Waals surface area (Å²) in [6.45, 7) is 1.89. The number of halogens is 2. The topological polar surface area (TPSA) is 72.0 Å². The second kappa shape index (κ2) is 5.35. The standard InChI is InChI=1S/C14H9Cl2N3O2/c1-7-3-2-4-17-11(7)13-18-14(21-19-13)9-5-8(15)6-10(16)12(9)20/h2-6,20H,1H3. The molecule has 2 aromatic heterocycles. The zero-order valence-electron chi connectivity index (χ0n) is 10.8. The molecule has 0 radical (unpaired) electrons. The molecule has 1 aromatic carbocycles. The highest BCUT2D eigenvalue weighted by molar-refractivity contribution is 6.36. The fraction of sp³-hybridized carbons (Fsp3) is 0.0714. The zero-order valence-corrected chi connectivity index (χ0v) is 12.4. The van der Waals surface area contributed by atoms with Crippen LogP contribution >= 0.6 is 23.2 Å². The van der Waals surface area contributed by atoms with E-state index >= 15 is 0 Å². The Morgan fingerprint density at radius 2 is 2.05 bits per heavy atom. The maximum Gasteiger partial charge on any atom is 0.262 e. The van der Waals surface area contributed by atoms with Crippen molar-refractivity contribution in [2.24, 2.45) is 0 Å². The molecule has 0 fully saturated rings. The van der Waals surface area contributed by atoms with Crippen molar-refractivity contribution in [3.05, 3.63) is 46.1 Å². The second-order valence-corrected chi connectivity index (χ2v) is 5.22. The molecule has 0 saturated carbocycles. The predicted molar refractivity (Wildman–Crippen MR) is 79.4 cm³/mol. The lowest BCUT2D eigenvalue weighted by Gasteiger charge is -2.02. The van der Waals surface area contributed by atoms with E-state index in [4.69, 9.17) is 27.7 Å². The minimum Gasteiger partial charge on any atom is -0.506 e. The van der Waals surface area contributed by atoms with Gasteiger partial charge in [0.1, 0.15) is 11.4 Å². The molecule has 0 aliphatic rings. The first kappa shape index (κ1) is 13.9. The molecule has 0 saturated heterocycles. The van der Waals surface area contributed by atoms with Crippen LogP contribution in [-0.2, 0) is 0 Å². The van der Waals surface area contributed by atoms with Gasteiger partial charge in [0.15, 0.2) is 0 Å². The van der Waals surface area contributed by atoms with Crippen molar-refractivity contribution in [1.29, 1.82) is 0 Å². The van der Waals surface area contributed by atoms with E-state index in [0.29, 0.717) is 16.5 Å². The molecule has 3 rings (SSSR count). The number of hydrogen-bond acceptors (Lipinski definition) is 5. The normalized spacial score (nSPS) is 10.8. The van der Waals surface area contributed by atoms with Gasteiger partial charge in [0.05, 0.1) is 10.6 Å². The molecule has 0 aliphatic carbocycles. The molecular formula is C14H9Cl2N3O2. The number of aryl methyl sites for hydroxylation is 1. The van der Waals surface area contributed by atoms with Crippen molar-refractivity contribution in [2.75, 3.05) is 0 Å². The molecule has 21 heavy (non-hydrogen) atoms. The van der Waals surface area contributed by atoms with Gasteiger partial charge in [-0.2, -0.15) is 4.98 Å². The zero-order chi connectivity index (χ0) is 15.0. The Bertz CT molecular complexity index is 818. The summed E-state index contributed by atoms with van der Waals surface area (Å²) in [5.41, 5.74) is 1.80. The van der Waals surface area contributed by atoms with Crippen LogP contribution in [0, 0.1) is 6.92 Å². The first-order chi connectivity index (χ1) is 10.1. The van der Waals surface area contributed by atoms with Gasteiger partial charge in [0.2, 0.25) is 5.82 Å². The summed E-state index contributed by atoms with van der Waals surface area (Å²) in [6, 6.07) is 6.65. The number of rotatable bonds is 2. The Kier molecular flexibility index (Phi) is 3.53. The maximum atomic E-state index is 9.98. The summed E-state index contributed by atoms with van der Waals surface area (Å²) in [5, 5.41) is 14.3. The van der Waals surface area contributed by atoms with Crippen molar-refractivity contribution in [3.63, 3.8) is 0 Å². The fourth-order valence-electron chi connectivity index (χ4n) is 1.88. The summed E-state index contributed by atoms with van der Waals surface area (Å²) in [5.74, 6) is 0.296. The van der Waals surface area contributed by atoms with Gasteiger partial charge >= 0.3 is 0 Å². The summed E-state index contributed by atoms with van der Waals surface area (Å²) >= 11 is 11.8. The predicted octanol–water partition coefficient (Wildman–Crippen LogP) is 4.12. The Hall–Kier alpha value is -2.11. The molecule has 0 amide bonds. The lowest BCUT2D eigenvalue weighted by atomic mass is 10.2. The molecule has 3 aromatic rings. The van der Waals surface area contributed by atoms with Crippen LogP contribution in [0.3, 0.4) is 0 Å². The summed E-state index contributed by atoms with van der Waals surface area (Å²) in [6.07, 6.45) is 1.64. The second-order valence-electron chi connectivity index (χ2n) is 4.38. The third-order valence-corrected chi connectivity index (χ3v) is 3.41. The quantitative estimate of drug-likeness (QED) is 0.768. The first-order valence-corrected chi connectivity index (χ1v) is 6.76. The number of phenols is 1. The van der Waals surface area contributed by atoms with Gasteiger partial charge < -0.3 is 9.63 Å². The van der Waals surface area contributed by atoms with E-state index in [2.05, 4.69) is 15.1 Å². The number of aromatic hydroxyl groups is 1. The van der Waals surface area contributed by atoms with Crippen LogP contribution in [0.1, 0.15) is 5.56 Å². The van der Waals surface area contributed by atoms with Crippen LogP contribution in [0.25, 0.3) is 23.0 Å². The Morgan fingerprint density at radius 3 is 2.81 bits per heavy atom. The number of phenolic OH excluding ortho intramolecular Hbond substituents is 1. The molecule has 0 atom stereocenters. The molecule has 0 aliphatic heterocycles. The lowest BCUT2D eigenvalue weighted by molar-refractivity contribution is 0.425. The van der Waals surface area contributed by atoms with Gasteiger partial charge in [0, 0.05) is 11.2 Å². The van der Waals surface area contributed by atoms with E-state index in [1.807, 2.05) is 19.1 Å². The molecular weight excluding hydrogens is 313 g/mol. The molecule has 106 valence electrons. The van der Waals surface area contributed by atoms with Crippen LogP contribution in [0.5, 0.6) is 5.75 Å². The van der Waals surface area contributed by atoms with Gasteiger partial charge in [-0.25, -0.2) is 0 Å². The molecule has 1 N–H and O–H groups in total. The number of hydrogen-bond donors (Lipinski definition) is 1. The summed E-state index contributed by atoms with van der Waals surface area (Å²) < 4.78 is 5.17. The Morgan fingerprint density at radius 1 is 1.24 bits per heavy atom. The summed E-state index contributed by atoms with van der Waals surface area (Å²) in [4.78, 5) is 8.45. The van der Waals surface area contributed by atoms with Crippen molar-refractivity contribution in [2.45, 2.75) is 6.92 Å². The van der Waals surface area contributed by atoms with Crippen molar-refractivity contribution >= 4 is 23.2 Å². The van der Waals surface area contributed by atoms with Crippen molar-refractivity contribution in [1.82, 2.24) is 15.1 Å². The highest BCUT2D eigenvalue weighted by atomic mass is 35.5. The Labute approximate surface area is 130 Å². The van der Waals surface area contributed by atoms with Crippen LogP contribution in [-0.4, -0.2) is 20.2 Å². The van der Waals surface area contributed by atoms with Crippen molar-refractivity contribution in [3.8, 4) is 28.7 Å². The molecule has 2 heterocycles. The molecule has 0 unspecified atom stereocenters. The van der Waals surface area contributed by atoms with Gasteiger partial charge in [-0.1, -0.05) is 34.4 Å². The van der Waals surface area contributed by atoms with E-state index in [0.717, 1.165) is 5.56 Å².